The lowest BCUT2D eigenvalue weighted by Crippen LogP contribution is -2.49. The van der Waals surface area contributed by atoms with E-state index in [-0.39, 0.29) is 11.3 Å². The summed E-state index contributed by atoms with van der Waals surface area (Å²) >= 11 is 0. The average molecular weight is 286 g/mol. The normalized spacial score (nSPS) is 21.5. The van der Waals surface area contributed by atoms with Gasteiger partial charge in [0.2, 0.25) is 5.91 Å². The van der Waals surface area contributed by atoms with Crippen LogP contribution in [0.25, 0.3) is 0 Å². The van der Waals surface area contributed by atoms with Crippen LogP contribution < -0.4 is 10.6 Å². The predicted molar refractivity (Wildman–Crippen MR) is 86.3 cm³/mol. The molecule has 1 aromatic rings. The first-order valence-corrected chi connectivity index (χ1v) is 8.37. The highest BCUT2D eigenvalue weighted by Crippen LogP contribution is 2.38. The zero-order valence-electron chi connectivity index (χ0n) is 12.8. The van der Waals surface area contributed by atoms with Crippen LogP contribution in [0.5, 0.6) is 0 Å². The number of fused-ring (bicyclic) bond motifs is 1. The zero-order chi connectivity index (χ0) is 14.7. The Kier molecular flexibility index (Phi) is 4.29. The molecule has 1 heterocycles. The maximum Gasteiger partial charge on any atom is 0.234 e. The van der Waals surface area contributed by atoms with Crippen molar-refractivity contribution in [3.8, 4) is 0 Å². The first kappa shape index (κ1) is 14.6. The summed E-state index contributed by atoms with van der Waals surface area (Å²) in [6, 6.07) is 8.34. The minimum atomic E-state index is -0.319. The van der Waals surface area contributed by atoms with E-state index < -0.39 is 0 Å². The fourth-order valence-corrected chi connectivity index (χ4v) is 3.94. The fourth-order valence-electron chi connectivity index (χ4n) is 3.94. The topological polar surface area (TPSA) is 46.3 Å². The van der Waals surface area contributed by atoms with Gasteiger partial charge in [-0.05, 0) is 37.3 Å². The molecule has 0 atom stereocenters. The van der Waals surface area contributed by atoms with Crippen molar-refractivity contribution in [1.82, 2.24) is 0 Å². The van der Waals surface area contributed by atoms with E-state index >= 15 is 0 Å². The Labute approximate surface area is 127 Å². The molecular formula is C18H26N2O. The second-order valence-electron chi connectivity index (χ2n) is 6.59. The van der Waals surface area contributed by atoms with Gasteiger partial charge in [-0.25, -0.2) is 0 Å². The molecule has 1 aromatic carbocycles. The van der Waals surface area contributed by atoms with Crippen LogP contribution in [-0.2, 0) is 11.2 Å². The highest BCUT2D eigenvalue weighted by Gasteiger charge is 2.41. The summed E-state index contributed by atoms with van der Waals surface area (Å²) in [6.07, 6.45) is 8.81. The molecule has 21 heavy (non-hydrogen) atoms. The largest absolute Gasteiger partial charge is 0.329 e. The van der Waals surface area contributed by atoms with Gasteiger partial charge in [0.25, 0.3) is 0 Å². The van der Waals surface area contributed by atoms with Crippen LogP contribution in [-0.4, -0.2) is 19.0 Å². The van der Waals surface area contributed by atoms with Crippen molar-refractivity contribution in [2.75, 3.05) is 18.0 Å². The molecule has 0 radical (unpaired) electrons. The van der Waals surface area contributed by atoms with Gasteiger partial charge in [-0.2, -0.15) is 0 Å². The molecule has 3 nitrogen and oxygen atoms in total. The van der Waals surface area contributed by atoms with Gasteiger partial charge < -0.3 is 10.6 Å². The van der Waals surface area contributed by atoms with Crippen molar-refractivity contribution in [3.63, 3.8) is 0 Å². The number of aryl methyl sites for hydroxylation is 1. The van der Waals surface area contributed by atoms with Gasteiger partial charge in [-0.3, -0.25) is 4.79 Å². The van der Waals surface area contributed by atoms with E-state index in [1.807, 2.05) is 11.0 Å². The minimum Gasteiger partial charge on any atom is -0.329 e. The van der Waals surface area contributed by atoms with Crippen molar-refractivity contribution in [2.45, 2.75) is 51.4 Å². The summed E-state index contributed by atoms with van der Waals surface area (Å²) in [5, 5.41) is 0. The van der Waals surface area contributed by atoms with E-state index in [4.69, 9.17) is 5.73 Å². The number of benzene rings is 1. The van der Waals surface area contributed by atoms with Crippen LogP contribution in [0.4, 0.5) is 5.69 Å². The maximum absolute atomic E-state index is 13.3. The standard InChI is InChI=1S/C18H26N2O/c19-14-18(11-5-1-2-6-12-18)17(21)20-13-7-9-15-8-3-4-10-16(15)20/h3-4,8,10H,1-2,5-7,9,11-14,19H2. The van der Waals surface area contributed by atoms with Crippen LogP contribution in [0.2, 0.25) is 0 Å². The van der Waals surface area contributed by atoms with Gasteiger partial charge in [0.15, 0.2) is 0 Å². The second kappa shape index (κ2) is 6.18. The van der Waals surface area contributed by atoms with E-state index in [1.165, 1.54) is 18.4 Å². The molecule has 0 unspecified atom stereocenters. The molecule has 1 saturated carbocycles. The summed E-state index contributed by atoms with van der Waals surface area (Å²) in [5.41, 5.74) is 8.19. The SMILES string of the molecule is NCC1(C(=O)N2CCCc3ccccc32)CCCCCC1. The van der Waals surface area contributed by atoms with E-state index in [0.29, 0.717) is 6.54 Å². The third kappa shape index (κ3) is 2.71. The van der Waals surface area contributed by atoms with Crippen LogP contribution in [0, 0.1) is 5.41 Å². The molecule has 0 saturated heterocycles. The second-order valence-corrected chi connectivity index (χ2v) is 6.59. The van der Waals surface area contributed by atoms with Gasteiger partial charge in [0.1, 0.15) is 0 Å². The Morgan fingerprint density at radius 3 is 2.52 bits per heavy atom. The summed E-state index contributed by atoms with van der Waals surface area (Å²) < 4.78 is 0. The van der Waals surface area contributed by atoms with Crippen molar-refractivity contribution in [1.29, 1.82) is 0 Å². The number of nitrogens with zero attached hydrogens (tertiary/aromatic N) is 1. The summed E-state index contributed by atoms with van der Waals surface area (Å²) in [4.78, 5) is 15.3. The maximum atomic E-state index is 13.3. The van der Waals surface area contributed by atoms with Gasteiger partial charge in [-0.1, -0.05) is 43.9 Å². The van der Waals surface area contributed by atoms with E-state index in [2.05, 4.69) is 18.2 Å². The third-order valence-corrected chi connectivity index (χ3v) is 5.26. The molecule has 0 bridgehead atoms. The van der Waals surface area contributed by atoms with E-state index in [9.17, 15) is 4.79 Å². The van der Waals surface area contributed by atoms with Crippen LogP contribution in [0.15, 0.2) is 24.3 Å². The summed E-state index contributed by atoms with van der Waals surface area (Å²) in [5.74, 6) is 0.277. The number of carbonyl (C=O) groups excluding carboxylic acids is 1. The Morgan fingerprint density at radius 2 is 1.81 bits per heavy atom. The monoisotopic (exact) mass is 286 g/mol. The number of hydrogen-bond acceptors (Lipinski definition) is 2. The van der Waals surface area contributed by atoms with Crippen molar-refractivity contribution in [3.05, 3.63) is 29.8 Å². The molecule has 0 aromatic heterocycles. The van der Waals surface area contributed by atoms with Crippen molar-refractivity contribution < 1.29 is 4.79 Å². The number of anilines is 1. The Hall–Kier alpha value is -1.35. The molecule has 1 aliphatic carbocycles. The molecule has 114 valence electrons. The molecule has 3 rings (SSSR count). The van der Waals surface area contributed by atoms with Gasteiger partial charge >= 0.3 is 0 Å². The predicted octanol–water partition coefficient (Wildman–Crippen LogP) is 3.27. The van der Waals surface area contributed by atoms with Gasteiger partial charge in [-0.15, -0.1) is 0 Å². The Morgan fingerprint density at radius 1 is 1.10 bits per heavy atom. The number of para-hydroxylation sites is 1. The van der Waals surface area contributed by atoms with Gasteiger partial charge in [0, 0.05) is 18.8 Å². The van der Waals surface area contributed by atoms with E-state index in [1.54, 1.807) is 0 Å². The molecule has 0 spiro atoms. The lowest BCUT2D eigenvalue weighted by Gasteiger charge is -2.38. The molecule has 1 aliphatic heterocycles. The summed E-state index contributed by atoms with van der Waals surface area (Å²) in [7, 11) is 0. The quantitative estimate of drug-likeness (QED) is 0.848. The van der Waals surface area contributed by atoms with Crippen LogP contribution in [0.1, 0.15) is 50.5 Å². The first-order valence-electron chi connectivity index (χ1n) is 8.37. The highest BCUT2D eigenvalue weighted by atomic mass is 16.2. The number of rotatable bonds is 2. The average Bonchev–Trinajstić information content (AvgIpc) is 2.80. The molecule has 2 N–H and O–H groups in total. The molecular weight excluding hydrogens is 260 g/mol. The lowest BCUT2D eigenvalue weighted by molar-refractivity contribution is -0.128. The van der Waals surface area contributed by atoms with Crippen molar-refractivity contribution >= 4 is 11.6 Å². The molecule has 3 heteroatoms. The van der Waals surface area contributed by atoms with Crippen molar-refractivity contribution in [2.24, 2.45) is 11.1 Å². The van der Waals surface area contributed by atoms with Crippen LogP contribution in [0.3, 0.4) is 0 Å². The number of nitrogens with two attached hydrogens (primary N) is 1. The van der Waals surface area contributed by atoms with Gasteiger partial charge in [0.05, 0.1) is 5.41 Å². The number of amides is 1. The zero-order valence-corrected chi connectivity index (χ0v) is 12.8. The third-order valence-electron chi connectivity index (χ3n) is 5.26. The summed E-state index contributed by atoms with van der Waals surface area (Å²) in [6.45, 7) is 1.34. The highest BCUT2D eigenvalue weighted by molar-refractivity contribution is 5.98. The first-order chi connectivity index (χ1) is 10.3. The van der Waals surface area contributed by atoms with Crippen LogP contribution >= 0.6 is 0 Å². The Bertz CT molecular complexity index is 504. The lowest BCUT2D eigenvalue weighted by atomic mass is 9.78. The smallest absolute Gasteiger partial charge is 0.234 e. The fraction of sp³-hybridized carbons (Fsp3) is 0.611. The van der Waals surface area contributed by atoms with E-state index in [0.717, 1.165) is 50.8 Å². The molecule has 1 fully saturated rings. The Balaban J connectivity index is 1.90. The minimum absolute atomic E-state index is 0.277. The number of carbonyl (C=O) groups is 1. The molecule has 2 aliphatic rings. The molecule has 1 amide bonds. The number of hydrogen-bond donors (Lipinski definition) is 1.